The Labute approximate surface area is 331 Å². The fraction of sp³-hybridized carbons (Fsp3) is 0.0200. The lowest BCUT2D eigenvalue weighted by Gasteiger charge is -2.39. The highest BCUT2D eigenvalue weighted by Gasteiger charge is 2.53. The summed E-state index contributed by atoms with van der Waals surface area (Å²) >= 11 is 0. The quantitative estimate of drug-likeness (QED) is 0.164. The number of nitriles is 2. The Hall–Kier alpha value is -8.51. The number of para-hydroxylation sites is 3. The first-order valence-electron chi connectivity index (χ1n) is 18.8. The van der Waals surface area contributed by atoms with Gasteiger partial charge in [0.05, 0.1) is 92.5 Å². The fourth-order valence-electron chi connectivity index (χ4n) is 9.57. The van der Waals surface area contributed by atoms with Gasteiger partial charge < -0.3 is 13.9 Å². The van der Waals surface area contributed by atoms with Gasteiger partial charge in [0.1, 0.15) is 11.5 Å². The van der Waals surface area contributed by atoms with Crippen LogP contribution in [0.1, 0.15) is 33.4 Å². The molecule has 8 heteroatoms. The molecule has 1 aliphatic carbocycles. The van der Waals surface area contributed by atoms with Gasteiger partial charge in [-0.2, -0.15) is 10.5 Å². The smallest absolute Gasteiger partial charge is 0.188 e. The van der Waals surface area contributed by atoms with Crippen LogP contribution in [0.5, 0.6) is 11.5 Å². The van der Waals surface area contributed by atoms with E-state index in [1.165, 1.54) is 0 Å². The maximum Gasteiger partial charge on any atom is 0.188 e. The molecule has 0 unspecified atom stereocenters. The minimum Gasteiger partial charge on any atom is -0.457 e. The van der Waals surface area contributed by atoms with Gasteiger partial charge in [0.25, 0.3) is 0 Å². The summed E-state index contributed by atoms with van der Waals surface area (Å²) < 4.78 is 11.1. The normalized spacial score (nSPS) is 13.1. The molecule has 0 saturated carbocycles. The average Bonchev–Trinajstić information content (AvgIpc) is 3.89. The summed E-state index contributed by atoms with van der Waals surface area (Å²) in [5, 5.41) is 23.5. The zero-order valence-corrected chi connectivity index (χ0v) is 30.5. The topological polar surface area (TPSA) is 96.8 Å². The number of nitrogens with zero attached hydrogens (tertiary/aromatic N) is 7. The number of benzene rings is 6. The van der Waals surface area contributed by atoms with Gasteiger partial charge in [0.15, 0.2) is 5.69 Å². The molecular formula is C50H25N7O. The molecule has 1 aliphatic heterocycles. The molecule has 0 amide bonds. The second-order valence-corrected chi connectivity index (χ2v) is 14.7. The average molecular weight is 740 g/mol. The number of hydrogen-bond acceptors (Lipinski definition) is 5. The first-order chi connectivity index (χ1) is 28.6. The van der Waals surface area contributed by atoms with E-state index in [9.17, 15) is 10.5 Å². The van der Waals surface area contributed by atoms with E-state index in [0.29, 0.717) is 16.8 Å². The third-order valence-electron chi connectivity index (χ3n) is 11.9. The lowest BCUT2D eigenvalue weighted by Crippen LogP contribution is -2.32. The van der Waals surface area contributed by atoms with Crippen LogP contribution in [0.4, 0.5) is 5.69 Å². The molecule has 2 aliphatic rings. The Morgan fingerprint density at radius 3 is 1.55 bits per heavy atom. The number of pyridine rings is 2. The predicted octanol–water partition coefficient (Wildman–Crippen LogP) is 11.4. The van der Waals surface area contributed by atoms with Crippen molar-refractivity contribution in [3.63, 3.8) is 0 Å². The minimum absolute atomic E-state index is 0.544. The summed E-state index contributed by atoms with van der Waals surface area (Å²) in [6, 6.07) is 51.0. The van der Waals surface area contributed by atoms with Gasteiger partial charge in [-0.25, -0.2) is 4.85 Å². The molecule has 10 aromatic rings. The molecule has 58 heavy (non-hydrogen) atoms. The second-order valence-electron chi connectivity index (χ2n) is 14.7. The maximum atomic E-state index is 9.84. The zero-order valence-electron chi connectivity index (χ0n) is 30.5. The summed E-state index contributed by atoms with van der Waals surface area (Å²) in [6.07, 6.45) is 3.82. The highest BCUT2D eigenvalue weighted by atomic mass is 16.5. The molecule has 6 aromatic carbocycles. The molecule has 4 aromatic heterocycles. The van der Waals surface area contributed by atoms with E-state index in [2.05, 4.69) is 74.6 Å². The Morgan fingerprint density at radius 1 is 0.517 bits per heavy atom. The lowest BCUT2D eigenvalue weighted by molar-refractivity contribution is 0.436. The van der Waals surface area contributed by atoms with Crippen molar-refractivity contribution in [2.75, 3.05) is 0 Å². The summed E-state index contributed by atoms with van der Waals surface area (Å²) in [7, 11) is 0. The van der Waals surface area contributed by atoms with Crippen LogP contribution in [0, 0.1) is 29.2 Å². The van der Waals surface area contributed by atoms with E-state index in [1.807, 2.05) is 103 Å². The monoisotopic (exact) mass is 739 g/mol. The number of ether oxygens (including phenoxy) is 1. The van der Waals surface area contributed by atoms with Crippen LogP contribution in [0.15, 0.2) is 152 Å². The Balaban J connectivity index is 1.18. The molecule has 0 atom stereocenters. The second kappa shape index (κ2) is 11.5. The van der Waals surface area contributed by atoms with Gasteiger partial charge in [-0.3, -0.25) is 9.97 Å². The van der Waals surface area contributed by atoms with Crippen molar-refractivity contribution in [1.29, 1.82) is 10.5 Å². The molecule has 0 radical (unpaired) electrons. The van der Waals surface area contributed by atoms with Crippen LogP contribution in [0.2, 0.25) is 0 Å². The van der Waals surface area contributed by atoms with Gasteiger partial charge in [0, 0.05) is 38.4 Å². The molecule has 266 valence electrons. The summed E-state index contributed by atoms with van der Waals surface area (Å²) in [5.74, 6) is 1.51. The van der Waals surface area contributed by atoms with Gasteiger partial charge in [-0.15, -0.1) is 0 Å². The van der Waals surface area contributed by atoms with E-state index in [-0.39, 0.29) is 0 Å². The summed E-state index contributed by atoms with van der Waals surface area (Å²) in [6.45, 7) is 7.71. The van der Waals surface area contributed by atoms with E-state index in [1.54, 1.807) is 0 Å². The van der Waals surface area contributed by atoms with Crippen LogP contribution in [-0.4, -0.2) is 19.1 Å². The van der Waals surface area contributed by atoms with Gasteiger partial charge in [-0.1, -0.05) is 60.7 Å². The van der Waals surface area contributed by atoms with Crippen LogP contribution < -0.4 is 4.74 Å². The highest BCUT2D eigenvalue weighted by molar-refractivity contribution is 6.11. The third kappa shape index (κ3) is 4.04. The highest BCUT2D eigenvalue weighted by Crippen LogP contribution is 2.61. The standard InChI is InChI=1S/C50H25N7O/c1-53-31-16-19-45-37(22-31)34-8-2-5-11-42(34)56(45)32-23-40-48(54-27-32)49-41(50(40)38-9-3-6-12-46(38)58-47-13-7-4-10-39(47)50)24-33(28-55-49)57-43-17-14-29(25-51)20-35(43)36-21-30(26-52)15-18-44(36)57/h2-24,27-28H. The van der Waals surface area contributed by atoms with E-state index < -0.39 is 5.41 Å². The molecule has 1 spiro atoms. The van der Waals surface area contributed by atoms with Crippen molar-refractivity contribution >= 4 is 49.3 Å². The molecule has 0 N–H and O–H groups in total. The van der Waals surface area contributed by atoms with Crippen LogP contribution in [-0.2, 0) is 5.41 Å². The predicted molar refractivity (Wildman–Crippen MR) is 224 cm³/mol. The van der Waals surface area contributed by atoms with E-state index in [4.69, 9.17) is 21.3 Å². The maximum absolute atomic E-state index is 9.84. The molecule has 0 saturated heterocycles. The van der Waals surface area contributed by atoms with Gasteiger partial charge in [0.2, 0.25) is 0 Å². The van der Waals surface area contributed by atoms with Gasteiger partial charge >= 0.3 is 0 Å². The number of rotatable bonds is 2. The summed E-state index contributed by atoms with van der Waals surface area (Å²) in [4.78, 5) is 14.3. The Morgan fingerprint density at radius 2 is 1.00 bits per heavy atom. The first-order valence-corrected chi connectivity index (χ1v) is 18.8. The number of hydrogen-bond donors (Lipinski definition) is 0. The molecule has 5 heterocycles. The van der Waals surface area contributed by atoms with E-state index in [0.717, 1.165) is 100 Å². The van der Waals surface area contributed by atoms with Crippen LogP contribution >= 0.6 is 0 Å². The SMILES string of the molecule is [C-]#[N+]c1ccc2c(c1)c1ccccc1n2-c1cnc2c(c1)C1(c3ccccc3Oc3ccccc31)c1cc(-n3c4ccc(C#N)cc4c4cc(C#N)ccc43)cnc1-2. The van der Waals surface area contributed by atoms with Crippen molar-refractivity contribution in [1.82, 2.24) is 19.1 Å². The largest absolute Gasteiger partial charge is 0.457 e. The molecule has 8 nitrogen and oxygen atoms in total. The van der Waals surface area contributed by atoms with Crippen molar-refractivity contribution in [3.8, 4) is 46.4 Å². The number of fused-ring (bicyclic) bond motifs is 15. The Bertz CT molecular complexity index is 3490. The molecule has 0 fully saturated rings. The molecular weight excluding hydrogens is 715 g/mol. The Kier molecular flexibility index (Phi) is 6.31. The first kappa shape index (κ1) is 31.8. The van der Waals surface area contributed by atoms with Crippen LogP contribution in [0.25, 0.3) is 71.2 Å². The fourth-order valence-corrected chi connectivity index (χ4v) is 9.57. The van der Waals surface area contributed by atoms with Crippen molar-refractivity contribution in [2.24, 2.45) is 0 Å². The number of aromatic nitrogens is 4. The van der Waals surface area contributed by atoms with Crippen molar-refractivity contribution in [2.45, 2.75) is 5.41 Å². The summed E-state index contributed by atoms with van der Waals surface area (Å²) in [5.41, 5.74) is 11.8. The third-order valence-corrected chi connectivity index (χ3v) is 11.9. The minimum atomic E-state index is -0.876. The van der Waals surface area contributed by atoms with E-state index >= 15 is 0 Å². The molecule has 12 rings (SSSR count). The zero-order chi connectivity index (χ0) is 38.7. The van der Waals surface area contributed by atoms with Gasteiger partial charge in [-0.05, 0) is 84.2 Å². The molecule has 0 bridgehead atoms. The van der Waals surface area contributed by atoms with Crippen molar-refractivity contribution < 1.29 is 4.74 Å². The van der Waals surface area contributed by atoms with Crippen LogP contribution in [0.3, 0.4) is 0 Å². The van der Waals surface area contributed by atoms with Crippen molar-refractivity contribution in [3.05, 3.63) is 197 Å². The lowest BCUT2D eigenvalue weighted by atomic mass is 9.66.